The SMILES string of the molecule is CCOc1nc2c(C)cccc2cc1-c1noc(-c2ccc(Cl)cc2)n1. The topological polar surface area (TPSA) is 61.0 Å². The van der Waals surface area contributed by atoms with Crippen LogP contribution in [0.25, 0.3) is 33.7 Å². The van der Waals surface area contributed by atoms with Crippen LogP contribution < -0.4 is 4.74 Å². The molecule has 4 aromatic rings. The second-order valence-corrected chi connectivity index (χ2v) is 6.29. The lowest BCUT2D eigenvalue weighted by Crippen LogP contribution is -1.99. The summed E-state index contributed by atoms with van der Waals surface area (Å²) in [6, 6.07) is 15.3. The maximum atomic E-state index is 5.93. The smallest absolute Gasteiger partial charge is 0.258 e. The molecule has 4 rings (SSSR count). The summed E-state index contributed by atoms with van der Waals surface area (Å²) >= 11 is 5.93. The second-order valence-electron chi connectivity index (χ2n) is 5.85. The van der Waals surface area contributed by atoms with E-state index in [4.69, 9.17) is 20.9 Å². The molecule has 0 N–H and O–H groups in total. The summed E-state index contributed by atoms with van der Waals surface area (Å²) in [4.78, 5) is 9.18. The Morgan fingerprint density at radius 3 is 2.65 bits per heavy atom. The molecule has 2 aromatic heterocycles. The van der Waals surface area contributed by atoms with Crippen LogP contribution >= 0.6 is 11.6 Å². The molecule has 0 aliphatic carbocycles. The summed E-state index contributed by atoms with van der Waals surface area (Å²) in [6.07, 6.45) is 0. The van der Waals surface area contributed by atoms with Gasteiger partial charge in [0.25, 0.3) is 5.89 Å². The van der Waals surface area contributed by atoms with Crippen molar-refractivity contribution in [3.05, 3.63) is 59.1 Å². The molecule has 2 heterocycles. The van der Waals surface area contributed by atoms with Gasteiger partial charge in [-0.3, -0.25) is 0 Å². The van der Waals surface area contributed by atoms with Crippen molar-refractivity contribution in [1.82, 2.24) is 15.1 Å². The van der Waals surface area contributed by atoms with Gasteiger partial charge >= 0.3 is 0 Å². The molecule has 0 fully saturated rings. The Morgan fingerprint density at radius 1 is 1.08 bits per heavy atom. The molecule has 26 heavy (non-hydrogen) atoms. The summed E-state index contributed by atoms with van der Waals surface area (Å²) in [7, 11) is 0. The van der Waals surface area contributed by atoms with Crippen LogP contribution in [0.4, 0.5) is 0 Å². The molecule has 0 unspecified atom stereocenters. The fourth-order valence-corrected chi connectivity index (χ4v) is 2.91. The highest BCUT2D eigenvalue weighted by atomic mass is 35.5. The zero-order valence-electron chi connectivity index (χ0n) is 14.4. The van der Waals surface area contributed by atoms with Gasteiger partial charge in [-0.1, -0.05) is 35.0 Å². The molecule has 0 saturated carbocycles. The van der Waals surface area contributed by atoms with Crippen molar-refractivity contribution in [2.75, 3.05) is 6.61 Å². The summed E-state index contributed by atoms with van der Waals surface area (Å²) in [5.41, 5.74) is 3.50. The van der Waals surface area contributed by atoms with Crippen LogP contribution in [0.15, 0.2) is 53.1 Å². The third-order valence-corrected chi connectivity index (χ3v) is 4.30. The van der Waals surface area contributed by atoms with E-state index in [2.05, 4.69) is 15.1 Å². The fraction of sp³-hybridized carbons (Fsp3) is 0.150. The van der Waals surface area contributed by atoms with Gasteiger partial charge in [-0.05, 0) is 49.7 Å². The molecular weight excluding hydrogens is 350 g/mol. The predicted octanol–water partition coefficient (Wildman–Crippen LogP) is 5.31. The average Bonchev–Trinajstić information content (AvgIpc) is 3.13. The number of ether oxygens (including phenoxy) is 1. The molecule has 5 nitrogen and oxygen atoms in total. The van der Waals surface area contributed by atoms with Crippen molar-refractivity contribution in [2.45, 2.75) is 13.8 Å². The van der Waals surface area contributed by atoms with Crippen molar-refractivity contribution in [2.24, 2.45) is 0 Å². The lowest BCUT2D eigenvalue weighted by atomic mass is 10.1. The number of pyridine rings is 1. The number of halogens is 1. The largest absolute Gasteiger partial charge is 0.477 e. The highest BCUT2D eigenvalue weighted by Gasteiger charge is 2.17. The second kappa shape index (κ2) is 6.77. The fourth-order valence-electron chi connectivity index (χ4n) is 2.78. The Morgan fingerprint density at radius 2 is 1.88 bits per heavy atom. The first-order chi connectivity index (χ1) is 12.7. The van der Waals surface area contributed by atoms with Gasteiger partial charge in [-0.2, -0.15) is 4.98 Å². The van der Waals surface area contributed by atoms with Crippen molar-refractivity contribution in [1.29, 1.82) is 0 Å². The first-order valence-electron chi connectivity index (χ1n) is 8.29. The lowest BCUT2D eigenvalue weighted by Gasteiger charge is -2.09. The van der Waals surface area contributed by atoms with E-state index >= 15 is 0 Å². The molecule has 0 atom stereocenters. The predicted molar refractivity (Wildman–Crippen MR) is 101 cm³/mol. The van der Waals surface area contributed by atoms with Gasteiger partial charge in [-0.15, -0.1) is 0 Å². The minimum atomic E-state index is 0.420. The first kappa shape index (κ1) is 16.5. The lowest BCUT2D eigenvalue weighted by molar-refractivity contribution is 0.329. The molecule has 0 radical (unpaired) electrons. The van der Waals surface area contributed by atoms with Crippen LogP contribution in [0.2, 0.25) is 5.02 Å². The number of benzene rings is 2. The Balaban J connectivity index is 1.83. The molecule has 0 aliphatic rings. The number of rotatable bonds is 4. The van der Waals surface area contributed by atoms with Gasteiger partial charge in [0, 0.05) is 16.0 Å². The summed E-state index contributed by atoms with van der Waals surface area (Å²) in [5, 5.41) is 5.77. The summed E-state index contributed by atoms with van der Waals surface area (Å²) in [6.45, 7) is 4.44. The van der Waals surface area contributed by atoms with E-state index in [-0.39, 0.29) is 0 Å². The van der Waals surface area contributed by atoms with Crippen molar-refractivity contribution in [3.63, 3.8) is 0 Å². The maximum absolute atomic E-state index is 5.93. The van der Waals surface area contributed by atoms with E-state index in [1.807, 2.05) is 50.2 Å². The molecule has 6 heteroatoms. The average molecular weight is 366 g/mol. The third-order valence-electron chi connectivity index (χ3n) is 4.05. The van der Waals surface area contributed by atoms with Crippen LogP contribution in [-0.2, 0) is 0 Å². The van der Waals surface area contributed by atoms with E-state index < -0.39 is 0 Å². The van der Waals surface area contributed by atoms with Crippen LogP contribution in [0.3, 0.4) is 0 Å². The Bertz CT molecular complexity index is 1070. The van der Waals surface area contributed by atoms with Crippen LogP contribution in [0, 0.1) is 6.92 Å². The molecule has 0 aliphatic heterocycles. The van der Waals surface area contributed by atoms with Gasteiger partial charge in [-0.25, -0.2) is 4.98 Å². The number of aryl methyl sites for hydroxylation is 1. The quantitative estimate of drug-likeness (QED) is 0.490. The highest BCUT2D eigenvalue weighted by molar-refractivity contribution is 6.30. The maximum Gasteiger partial charge on any atom is 0.258 e. The van der Waals surface area contributed by atoms with Crippen molar-refractivity contribution in [3.8, 4) is 28.7 Å². The van der Waals surface area contributed by atoms with Gasteiger partial charge in [0.1, 0.15) is 0 Å². The van der Waals surface area contributed by atoms with Gasteiger partial charge in [0.15, 0.2) is 0 Å². The molecule has 130 valence electrons. The number of nitrogens with zero attached hydrogens (tertiary/aromatic N) is 3. The molecular formula is C20H16ClN3O2. The van der Waals surface area contributed by atoms with E-state index in [1.165, 1.54) is 0 Å². The molecule has 0 saturated heterocycles. The van der Waals surface area contributed by atoms with Crippen LogP contribution in [-0.4, -0.2) is 21.7 Å². The van der Waals surface area contributed by atoms with Gasteiger partial charge < -0.3 is 9.26 Å². The third kappa shape index (κ3) is 3.02. The standard InChI is InChI=1S/C20H16ClN3O2/c1-3-25-20-16(11-14-6-4-5-12(2)17(14)22-20)18-23-19(26-24-18)13-7-9-15(21)10-8-13/h4-11H,3H2,1-2H3. The highest BCUT2D eigenvalue weighted by Crippen LogP contribution is 2.32. The Kier molecular flexibility index (Phi) is 4.31. The van der Waals surface area contributed by atoms with Crippen molar-refractivity contribution >= 4 is 22.5 Å². The van der Waals surface area contributed by atoms with Crippen LogP contribution in [0.5, 0.6) is 5.88 Å². The Hall–Kier alpha value is -2.92. The number of para-hydroxylation sites is 1. The molecule has 0 bridgehead atoms. The summed E-state index contributed by atoms with van der Waals surface area (Å²) in [5.74, 6) is 1.36. The van der Waals surface area contributed by atoms with E-state index in [1.54, 1.807) is 12.1 Å². The van der Waals surface area contributed by atoms with Gasteiger partial charge in [0.05, 0.1) is 17.7 Å². The number of hydrogen-bond donors (Lipinski definition) is 0. The molecule has 0 spiro atoms. The van der Waals surface area contributed by atoms with E-state index in [0.717, 1.165) is 22.0 Å². The van der Waals surface area contributed by atoms with Crippen LogP contribution in [0.1, 0.15) is 12.5 Å². The van der Waals surface area contributed by atoms with E-state index in [9.17, 15) is 0 Å². The minimum absolute atomic E-state index is 0.420. The normalized spacial score (nSPS) is 11.0. The van der Waals surface area contributed by atoms with Gasteiger partial charge in [0.2, 0.25) is 11.7 Å². The Labute approximate surface area is 155 Å². The molecule has 0 amide bonds. The number of hydrogen-bond acceptors (Lipinski definition) is 5. The zero-order chi connectivity index (χ0) is 18.1. The minimum Gasteiger partial charge on any atom is -0.477 e. The number of fused-ring (bicyclic) bond motifs is 1. The van der Waals surface area contributed by atoms with E-state index in [0.29, 0.717) is 34.8 Å². The van der Waals surface area contributed by atoms with Crippen molar-refractivity contribution < 1.29 is 9.26 Å². The monoisotopic (exact) mass is 365 g/mol. The first-order valence-corrected chi connectivity index (χ1v) is 8.66. The molecule has 2 aromatic carbocycles. The summed E-state index contributed by atoms with van der Waals surface area (Å²) < 4.78 is 11.2. The number of aromatic nitrogens is 3. The zero-order valence-corrected chi connectivity index (χ0v) is 15.1.